The molecular weight excluding hydrogens is 268 g/mol. The van der Waals surface area contributed by atoms with Crippen LogP contribution in [0.15, 0.2) is 30.9 Å². The first-order valence-corrected chi connectivity index (χ1v) is 6.93. The highest BCUT2D eigenvalue weighted by molar-refractivity contribution is 5.67. The number of hydrogen-bond donors (Lipinski definition) is 1. The Kier molecular flexibility index (Phi) is 2.68. The van der Waals surface area contributed by atoms with Crippen LogP contribution in [0.25, 0.3) is 16.9 Å². The van der Waals surface area contributed by atoms with Crippen LogP contribution in [0.3, 0.4) is 0 Å². The zero-order valence-corrected chi connectivity index (χ0v) is 11.7. The molecule has 1 aliphatic rings. The number of hydrogen-bond acceptors (Lipinski definition) is 5. The molecule has 4 rings (SSSR count). The maximum absolute atomic E-state index is 9.18. The Morgan fingerprint density at radius 3 is 2.86 bits per heavy atom. The standard InChI is InChI=1S/C14H16N6O/c1-18-7-11(4-17-18)12-2-3-13-15-9-16-14(20(12)13)19-5-10(6-19)8-21/h2-4,7,9-10,21H,5-6,8H2,1H3. The fraction of sp³-hybridized carbons (Fsp3) is 0.357. The van der Waals surface area contributed by atoms with Crippen LogP contribution in [0.4, 0.5) is 5.95 Å². The minimum absolute atomic E-state index is 0.228. The third-order valence-electron chi connectivity index (χ3n) is 3.92. The second kappa shape index (κ2) is 4.56. The molecule has 0 aliphatic carbocycles. The van der Waals surface area contributed by atoms with Gasteiger partial charge in [-0.25, -0.2) is 9.97 Å². The van der Waals surface area contributed by atoms with Crippen LogP contribution in [0.2, 0.25) is 0 Å². The van der Waals surface area contributed by atoms with Crippen LogP contribution in [0, 0.1) is 5.92 Å². The van der Waals surface area contributed by atoms with Gasteiger partial charge < -0.3 is 10.0 Å². The maximum Gasteiger partial charge on any atom is 0.213 e. The Balaban J connectivity index is 1.82. The number of rotatable bonds is 3. The van der Waals surface area contributed by atoms with E-state index in [1.165, 1.54) is 0 Å². The molecule has 4 heterocycles. The first-order valence-electron chi connectivity index (χ1n) is 6.93. The van der Waals surface area contributed by atoms with Crippen molar-refractivity contribution in [2.45, 2.75) is 0 Å². The molecule has 1 fully saturated rings. The van der Waals surface area contributed by atoms with E-state index >= 15 is 0 Å². The highest BCUT2D eigenvalue weighted by atomic mass is 16.3. The molecule has 1 saturated heterocycles. The summed E-state index contributed by atoms with van der Waals surface area (Å²) >= 11 is 0. The molecule has 0 bridgehead atoms. The average Bonchev–Trinajstić information content (AvgIpc) is 3.04. The molecule has 3 aromatic heterocycles. The second-order valence-corrected chi connectivity index (χ2v) is 5.44. The topological polar surface area (TPSA) is 71.5 Å². The van der Waals surface area contributed by atoms with Crippen LogP contribution in [0.5, 0.6) is 0 Å². The van der Waals surface area contributed by atoms with Gasteiger partial charge in [0.2, 0.25) is 5.95 Å². The first-order chi connectivity index (χ1) is 10.3. The minimum Gasteiger partial charge on any atom is -0.396 e. The van der Waals surface area contributed by atoms with Crippen molar-refractivity contribution in [2.24, 2.45) is 13.0 Å². The van der Waals surface area contributed by atoms with E-state index in [4.69, 9.17) is 0 Å². The monoisotopic (exact) mass is 284 g/mol. The summed E-state index contributed by atoms with van der Waals surface area (Å²) in [5.74, 6) is 1.21. The predicted octanol–water partition coefficient (Wildman–Crippen LogP) is 0.558. The summed E-state index contributed by atoms with van der Waals surface area (Å²) in [6.45, 7) is 1.88. The number of anilines is 1. The maximum atomic E-state index is 9.18. The summed E-state index contributed by atoms with van der Waals surface area (Å²) < 4.78 is 3.83. The molecule has 0 atom stereocenters. The number of fused-ring (bicyclic) bond motifs is 1. The van der Waals surface area contributed by atoms with Gasteiger partial charge in [-0.3, -0.25) is 9.08 Å². The summed E-state index contributed by atoms with van der Waals surface area (Å²) in [4.78, 5) is 10.9. The van der Waals surface area contributed by atoms with Crippen LogP contribution in [-0.2, 0) is 7.05 Å². The van der Waals surface area contributed by atoms with Crippen molar-refractivity contribution in [3.8, 4) is 11.3 Å². The van der Waals surface area contributed by atoms with E-state index in [0.29, 0.717) is 5.92 Å². The minimum atomic E-state index is 0.228. The van der Waals surface area contributed by atoms with Gasteiger partial charge in [-0.2, -0.15) is 5.10 Å². The van der Waals surface area contributed by atoms with E-state index < -0.39 is 0 Å². The summed E-state index contributed by atoms with van der Waals surface area (Å²) in [7, 11) is 1.90. The Morgan fingerprint density at radius 1 is 1.29 bits per heavy atom. The van der Waals surface area contributed by atoms with E-state index in [0.717, 1.165) is 35.9 Å². The fourth-order valence-corrected chi connectivity index (χ4v) is 2.78. The Hall–Kier alpha value is -2.41. The van der Waals surface area contributed by atoms with Crippen LogP contribution in [-0.4, -0.2) is 49.0 Å². The lowest BCUT2D eigenvalue weighted by Crippen LogP contribution is -2.49. The van der Waals surface area contributed by atoms with Gasteiger partial charge in [0.1, 0.15) is 12.0 Å². The molecule has 21 heavy (non-hydrogen) atoms. The van der Waals surface area contributed by atoms with Crippen molar-refractivity contribution < 1.29 is 5.11 Å². The molecule has 0 aromatic carbocycles. The lowest BCUT2D eigenvalue weighted by Gasteiger charge is -2.39. The molecule has 0 unspecified atom stereocenters. The zero-order chi connectivity index (χ0) is 14.4. The van der Waals surface area contributed by atoms with Crippen LogP contribution in [0.1, 0.15) is 0 Å². The molecule has 1 N–H and O–H groups in total. The van der Waals surface area contributed by atoms with E-state index in [1.54, 1.807) is 11.0 Å². The smallest absolute Gasteiger partial charge is 0.213 e. The van der Waals surface area contributed by atoms with Crippen molar-refractivity contribution in [3.63, 3.8) is 0 Å². The van der Waals surface area contributed by atoms with Gasteiger partial charge in [-0.05, 0) is 12.1 Å². The quantitative estimate of drug-likeness (QED) is 0.761. The van der Waals surface area contributed by atoms with E-state index in [2.05, 4.69) is 20.0 Å². The lowest BCUT2D eigenvalue weighted by atomic mass is 10.0. The lowest BCUT2D eigenvalue weighted by molar-refractivity contribution is 0.199. The molecule has 7 nitrogen and oxygen atoms in total. The molecule has 0 spiro atoms. The average molecular weight is 284 g/mol. The summed E-state index contributed by atoms with van der Waals surface area (Å²) in [5.41, 5.74) is 2.93. The molecule has 1 aliphatic heterocycles. The van der Waals surface area contributed by atoms with Gasteiger partial charge in [0.05, 0.1) is 11.9 Å². The van der Waals surface area contributed by atoms with Gasteiger partial charge in [-0.15, -0.1) is 0 Å². The first kappa shape index (κ1) is 12.3. The van der Waals surface area contributed by atoms with Gasteiger partial charge >= 0.3 is 0 Å². The number of aliphatic hydroxyl groups excluding tert-OH is 1. The van der Waals surface area contributed by atoms with Crippen molar-refractivity contribution in [3.05, 3.63) is 30.9 Å². The molecule has 3 aromatic rings. The molecular formula is C14H16N6O. The van der Waals surface area contributed by atoms with Crippen LogP contribution >= 0.6 is 0 Å². The highest BCUT2D eigenvalue weighted by Crippen LogP contribution is 2.28. The summed E-state index contributed by atoms with van der Waals surface area (Å²) in [6, 6.07) is 4.02. The van der Waals surface area contributed by atoms with E-state index in [1.807, 2.05) is 36.0 Å². The van der Waals surface area contributed by atoms with Crippen molar-refractivity contribution >= 4 is 11.6 Å². The third kappa shape index (κ3) is 1.89. The van der Waals surface area contributed by atoms with Crippen LogP contribution < -0.4 is 4.90 Å². The molecule has 0 amide bonds. The van der Waals surface area contributed by atoms with Gasteiger partial charge in [0.25, 0.3) is 0 Å². The molecule has 0 saturated carbocycles. The number of aromatic nitrogens is 5. The van der Waals surface area contributed by atoms with Crippen molar-refractivity contribution in [1.29, 1.82) is 0 Å². The Morgan fingerprint density at radius 2 is 2.14 bits per heavy atom. The fourth-order valence-electron chi connectivity index (χ4n) is 2.78. The highest BCUT2D eigenvalue weighted by Gasteiger charge is 2.29. The molecule has 0 radical (unpaired) electrons. The third-order valence-corrected chi connectivity index (χ3v) is 3.92. The number of nitrogens with zero attached hydrogens (tertiary/aromatic N) is 6. The SMILES string of the molecule is Cn1cc(-c2ccc3ncnc(N4CC(CO)C4)n23)cn1. The molecule has 7 heteroatoms. The number of aryl methyl sites for hydroxylation is 1. The summed E-state index contributed by atoms with van der Waals surface area (Å²) in [6.07, 6.45) is 5.40. The molecule has 108 valence electrons. The van der Waals surface area contributed by atoms with E-state index in [9.17, 15) is 5.11 Å². The van der Waals surface area contributed by atoms with Crippen molar-refractivity contribution in [1.82, 2.24) is 24.1 Å². The Bertz CT molecular complexity index is 786. The number of aliphatic hydroxyl groups is 1. The predicted molar refractivity (Wildman–Crippen MR) is 78.0 cm³/mol. The van der Waals surface area contributed by atoms with Gasteiger partial charge in [-0.1, -0.05) is 0 Å². The van der Waals surface area contributed by atoms with E-state index in [-0.39, 0.29) is 6.61 Å². The van der Waals surface area contributed by atoms with Gasteiger partial charge in [0, 0.05) is 44.4 Å². The normalized spacial score (nSPS) is 15.6. The van der Waals surface area contributed by atoms with Gasteiger partial charge in [0.15, 0.2) is 0 Å². The largest absolute Gasteiger partial charge is 0.396 e. The zero-order valence-electron chi connectivity index (χ0n) is 11.7. The van der Waals surface area contributed by atoms with Crippen molar-refractivity contribution in [2.75, 3.05) is 24.6 Å². The second-order valence-electron chi connectivity index (χ2n) is 5.44. The Labute approximate surface area is 121 Å². The summed E-state index contributed by atoms with van der Waals surface area (Å²) in [5, 5.41) is 13.4.